The van der Waals surface area contributed by atoms with E-state index in [0.29, 0.717) is 0 Å². The van der Waals surface area contributed by atoms with Gasteiger partial charge in [-0.15, -0.1) is 0 Å². The minimum atomic E-state index is -0.822. The Bertz CT molecular complexity index is 1030. The number of benzene rings is 3. The molecule has 3 aromatic rings. The molecular formula is C23H21N3O5. The summed E-state index contributed by atoms with van der Waals surface area (Å²) in [5.41, 5.74) is 1.77. The maximum atomic E-state index is 12.5. The van der Waals surface area contributed by atoms with Gasteiger partial charge in [0.25, 0.3) is 11.6 Å². The SMILES string of the molecule is CNc1ccc(C(=O)OCC(=O)NC(c2ccccc2)c2ccccc2)cc1[N+](=O)[O-]. The van der Waals surface area contributed by atoms with Crippen molar-refractivity contribution in [1.29, 1.82) is 0 Å². The monoisotopic (exact) mass is 419 g/mol. The highest BCUT2D eigenvalue weighted by molar-refractivity contribution is 5.93. The molecule has 0 atom stereocenters. The lowest BCUT2D eigenvalue weighted by Crippen LogP contribution is -2.33. The summed E-state index contributed by atoms with van der Waals surface area (Å²) >= 11 is 0. The molecule has 0 aliphatic carbocycles. The molecule has 0 saturated heterocycles. The molecular weight excluding hydrogens is 398 g/mol. The van der Waals surface area contributed by atoms with Gasteiger partial charge in [0.15, 0.2) is 6.61 Å². The van der Waals surface area contributed by atoms with Crippen molar-refractivity contribution in [3.8, 4) is 0 Å². The van der Waals surface area contributed by atoms with Crippen molar-refractivity contribution in [2.24, 2.45) is 0 Å². The number of carbonyl (C=O) groups excluding carboxylic acids is 2. The highest BCUT2D eigenvalue weighted by atomic mass is 16.6. The summed E-state index contributed by atoms with van der Waals surface area (Å²) in [5.74, 6) is -1.32. The van der Waals surface area contributed by atoms with E-state index in [2.05, 4.69) is 10.6 Å². The van der Waals surface area contributed by atoms with E-state index in [1.165, 1.54) is 12.1 Å². The van der Waals surface area contributed by atoms with E-state index in [1.807, 2.05) is 60.7 Å². The van der Waals surface area contributed by atoms with Crippen molar-refractivity contribution >= 4 is 23.3 Å². The number of hydrogen-bond donors (Lipinski definition) is 2. The molecule has 158 valence electrons. The topological polar surface area (TPSA) is 111 Å². The third-order valence-corrected chi connectivity index (χ3v) is 4.60. The van der Waals surface area contributed by atoms with Crippen molar-refractivity contribution in [3.63, 3.8) is 0 Å². The lowest BCUT2D eigenvalue weighted by atomic mass is 9.99. The average Bonchev–Trinajstić information content (AvgIpc) is 2.81. The number of amides is 1. The van der Waals surface area contributed by atoms with Crippen LogP contribution >= 0.6 is 0 Å². The van der Waals surface area contributed by atoms with Gasteiger partial charge in [0, 0.05) is 13.1 Å². The Hall–Kier alpha value is -4.20. The van der Waals surface area contributed by atoms with Gasteiger partial charge in [0.2, 0.25) is 0 Å². The lowest BCUT2D eigenvalue weighted by Gasteiger charge is -2.20. The summed E-state index contributed by atoms with van der Waals surface area (Å²) in [6.07, 6.45) is 0. The number of hydrogen-bond acceptors (Lipinski definition) is 6. The van der Waals surface area contributed by atoms with Crippen LogP contribution in [0.3, 0.4) is 0 Å². The normalized spacial score (nSPS) is 10.4. The molecule has 0 saturated carbocycles. The van der Waals surface area contributed by atoms with Gasteiger partial charge >= 0.3 is 5.97 Å². The molecule has 0 heterocycles. The fraction of sp³-hybridized carbons (Fsp3) is 0.130. The fourth-order valence-corrected chi connectivity index (χ4v) is 3.09. The van der Waals surface area contributed by atoms with Gasteiger partial charge in [-0.3, -0.25) is 14.9 Å². The van der Waals surface area contributed by atoms with Crippen LogP contribution in [0, 0.1) is 10.1 Å². The van der Waals surface area contributed by atoms with Crippen molar-refractivity contribution in [2.75, 3.05) is 19.0 Å². The van der Waals surface area contributed by atoms with E-state index in [9.17, 15) is 19.7 Å². The molecule has 8 nitrogen and oxygen atoms in total. The van der Waals surface area contributed by atoms with Crippen LogP contribution in [0.5, 0.6) is 0 Å². The Morgan fingerprint density at radius 2 is 1.55 bits per heavy atom. The lowest BCUT2D eigenvalue weighted by molar-refractivity contribution is -0.384. The minimum Gasteiger partial charge on any atom is -0.452 e. The number of nitrogens with zero attached hydrogens (tertiary/aromatic N) is 1. The molecule has 1 amide bonds. The van der Waals surface area contributed by atoms with Crippen LogP contribution in [0.25, 0.3) is 0 Å². The van der Waals surface area contributed by atoms with Crippen LogP contribution < -0.4 is 10.6 Å². The predicted octanol–water partition coefficient (Wildman–Crippen LogP) is 3.70. The summed E-state index contributed by atoms with van der Waals surface area (Å²) in [6.45, 7) is -0.517. The first-order valence-corrected chi connectivity index (χ1v) is 9.52. The quantitative estimate of drug-likeness (QED) is 0.327. The first kappa shape index (κ1) is 21.5. The number of nitro benzene ring substituents is 1. The zero-order valence-electron chi connectivity index (χ0n) is 16.8. The number of rotatable bonds is 8. The zero-order valence-corrected chi connectivity index (χ0v) is 16.8. The van der Waals surface area contributed by atoms with Crippen LogP contribution in [-0.2, 0) is 9.53 Å². The summed E-state index contributed by atoms with van der Waals surface area (Å²) in [4.78, 5) is 35.4. The van der Waals surface area contributed by atoms with Gasteiger partial charge in [0.1, 0.15) is 5.69 Å². The van der Waals surface area contributed by atoms with Crippen molar-refractivity contribution < 1.29 is 19.2 Å². The van der Waals surface area contributed by atoms with Crippen molar-refractivity contribution in [1.82, 2.24) is 5.32 Å². The molecule has 0 unspecified atom stereocenters. The maximum Gasteiger partial charge on any atom is 0.338 e. The number of nitrogens with one attached hydrogen (secondary N) is 2. The number of nitro groups is 1. The second-order valence-corrected chi connectivity index (χ2v) is 6.64. The van der Waals surface area contributed by atoms with Crippen molar-refractivity contribution in [2.45, 2.75) is 6.04 Å². The van der Waals surface area contributed by atoms with E-state index in [4.69, 9.17) is 4.74 Å². The Labute approximate surface area is 179 Å². The standard InChI is InChI=1S/C23H21N3O5/c1-24-19-13-12-18(14-20(19)26(29)30)23(28)31-15-21(27)25-22(16-8-4-2-5-9-16)17-10-6-3-7-11-17/h2-14,22,24H,15H2,1H3,(H,25,27). The summed E-state index contributed by atoms with van der Waals surface area (Å²) < 4.78 is 5.08. The minimum absolute atomic E-state index is 0.0128. The molecule has 0 aromatic heterocycles. The molecule has 0 fully saturated rings. The van der Waals surface area contributed by atoms with E-state index in [0.717, 1.165) is 17.2 Å². The Morgan fingerprint density at radius 3 is 2.06 bits per heavy atom. The van der Waals surface area contributed by atoms with E-state index < -0.39 is 29.4 Å². The summed E-state index contributed by atoms with van der Waals surface area (Å²) in [7, 11) is 1.54. The second kappa shape index (κ2) is 10.0. The number of anilines is 1. The van der Waals surface area contributed by atoms with Crippen LogP contribution in [0.15, 0.2) is 78.9 Å². The van der Waals surface area contributed by atoms with Gasteiger partial charge in [-0.1, -0.05) is 60.7 Å². The van der Waals surface area contributed by atoms with Crippen LogP contribution in [0.1, 0.15) is 27.5 Å². The Kier molecular flexibility index (Phi) is 6.95. The fourth-order valence-electron chi connectivity index (χ4n) is 3.09. The molecule has 0 aliphatic heterocycles. The maximum absolute atomic E-state index is 12.5. The van der Waals surface area contributed by atoms with Gasteiger partial charge < -0.3 is 15.4 Å². The third-order valence-electron chi connectivity index (χ3n) is 4.60. The molecule has 2 N–H and O–H groups in total. The molecule has 3 rings (SSSR count). The largest absolute Gasteiger partial charge is 0.452 e. The van der Waals surface area contributed by atoms with Crippen LogP contribution in [0.4, 0.5) is 11.4 Å². The molecule has 8 heteroatoms. The Balaban J connectivity index is 1.69. The van der Waals surface area contributed by atoms with Gasteiger partial charge in [-0.25, -0.2) is 4.79 Å². The third kappa shape index (κ3) is 5.45. The smallest absolute Gasteiger partial charge is 0.338 e. The molecule has 0 spiro atoms. The molecule has 0 aliphatic rings. The summed E-state index contributed by atoms with van der Waals surface area (Å²) in [6, 6.07) is 22.4. The molecule has 0 radical (unpaired) electrons. The van der Waals surface area contributed by atoms with E-state index in [-0.39, 0.29) is 16.9 Å². The zero-order chi connectivity index (χ0) is 22.2. The van der Waals surface area contributed by atoms with Crippen LogP contribution in [0.2, 0.25) is 0 Å². The Morgan fingerprint density at radius 1 is 0.968 bits per heavy atom. The highest BCUT2D eigenvalue weighted by Crippen LogP contribution is 2.25. The number of carbonyl (C=O) groups is 2. The van der Waals surface area contributed by atoms with Gasteiger partial charge in [-0.05, 0) is 23.3 Å². The first-order valence-electron chi connectivity index (χ1n) is 9.52. The number of esters is 1. The molecule has 31 heavy (non-hydrogen) atoms. The van der Waals surface area contributed by atoms with Crippen LogP contribution in [-0.4, -0.2) is 30.5 Å². The highest BCUT2D eigenvalue weighted by Gasteiger charge is 2.20. The second-order valence-electron chi connectivity index (χ2n) is 6.64. The van der Waals surface area contributed by atoms with E-state index >= 15 is 0 Å². The molecule has 3 aromatic carbocycles. The summed E-state index contributed by atoms with van der Waals surface area (Å²) in [5, 5.41) is 16.7. The molecule has 0 bridgehead atoms. The average molecular weight is 419 g/mol. The predicted molar refractivity (Wildman–Crippen MR) is 116 cm³/mol. The van der Waals surface area contributed by atoms with E-state index in [1.54, 1.807) is 7.05 Å². The first-order chi connectivity index (χ1) is 15.0. The van der Waals surface area contributed by atoms with Gasteiger partial charge in [-0.2, -0.15) is 0 Å². The number of ether oxygens (including phenoxy) is 1. The van der Waals surface area contributed by atoms with Gasteiger partial charge in [0.05, 0.1) is 16.5 Å². The van der Waals surface area contributed by atoms with Crippen molar-refractivity contribution in [3.05, 3.63) is 106 Å².